The molecule has 0 saturated carbocycles. The Bertz CT molecular complexity index is 847. The van der Waals surface area contributed by atoms with Crippen LogP contribution in [0.15, 0.2) is 34.5 Å². The molecule has 0 spiro atoms. The number of aryl methyl sites for hydroxylation is 1. The number of thiophene rings is 1. The fourth-order valence-corrected chi connectivity index (χ4v) is 3.80. The van der Waals surface area contributed by atoms with Crippen molar-refractivity contribution in [3.8, 4) is 6.07 Å². The number of nitrogens with zero attached hydrogens (tertiary/aromatic N) is 1. The van der Waals surface area contributed by atoms with Gasteiger partial charge in [-0.3, -0.25) is 4.72 Å². The number of aromatic carboxylic acids is 1. The first-order valence-electron chi connectivity index (χ1n) is 5.70. The third-order valence-corrected chi connectivity index (χ3v) is 5.54. The second kappa shape index (κ2) is 5.55. The molecule has 1 aromatic carbocycles. The summed E-state index contributed by atoms with van der Waals surface area (Å²) in [7, 11) is -3.83. The summed E-state index contributed by atoms with van der Waals surface area (Å²) in [6.45, 7) is 1.63. The molecule has 0 aliphatic rings. The summed E-state index contributed by atoms with van der Waals surface area (Å²) < 4.78 is 26.6. The molecule has 0 amide bonds. The summed E-state index contributed by atoms with van der Waals surface area (Å²) in [6.07, 6.45) is 0. The van der Waals surface area contributed by atoms with Crippen LogP contribution in [0.1, 0.15) is 20.8 Å². The Morgan fingerprint density at radius 2 is 2.05 bits per heavy atom. The highest BCUT2D eigenvalue weighted by Crippen LogP contribution is 2.24. The zero-order valence-corrected chi connectivity index (χ0v) is 12.5. The minimum absolute atomic E-state index is 0.00324. The molecule has 108 valence electrons. The van der Waals surface area contributed by atoms with E-state index in [1.54, 1.807) is 6.92 Å². The van der Waals surface area contributed by atoms with Gasteiger partial charge in [0, 0.05) is 5.69 Å². The van der Waals surface area contributed by atoms with E-state index in [0.29, 0.717) is 5.56 Å². The first-order valence-corrected chi connectivity index (χ1v) is 8.00. The standard InChI is InChI=1S/C13H10N2O4S2/c1-8-2-3-9(6-11(8)13(16)17)15-21(18,19)12-5-4-10(7-14)20-12/h2-6,15H,1H3,(H,16,17). The lowest BCUT2D eigenvalue weighted by Crippen LogP contribution is -2.12. The normalized spacial score (nSPS) is 10.9. The van der Waals surface area contributed by atoms with Gasteiger partial charge in [-0.2, -0.15) is 5.26 Å². The molecule has 2 rings (SSSR count). The summed E-state index contributed by atoms with van der Waals surface area (Å²) in [4.78, 5) is 11.3. The van der Waals surface area contributed by atoms with Crippen LogP contribution in [0, 0.1) is 18.3 Å². The molecule has 0 atom stereocenters. The molecule has 0 fully saturated rings. The van der Waals surface area contributed by atoms with Crippen molar-refractivity contribution in [2.24, 2.45) is 0 Å². The van der Waals surface area contributed by atoms with Gasteiger partial charge in [-0.15, -0.1) is 11.3 Å². The average Bonchev–Trinajstić information content (AvgIpc) is 2.90. The smallest absolute Gasteiger partial charge is 0.336 e. The van der Waals surface area contributed by atoms with Crippen LogP contribution in [-0.4, -0.2) is 19.5 Å². The molecule has 1 heterocycles. The molecule has 0 aliphatic heterocycles. The molecule has 0 saturated heterocycles. The Balaban J connectivity index is 2.35. The van der Waals surface area contributed by atoms with Crippen molar-refractivity contribution in [2.45, 2.75) is 11.1 Å². The van der Waals surface area contributed by atoms with E-state index in [1.165, 1.54) is 30.3 Å². The van der Waals surface area contributed by atoms with Crippen LogP contribution in [0.25, 0.3) is 0 Å². The molecule has 0 unspecified atom stereocenters. The SMILES string of the molecule is Cc1ccc(NS(=O)(=O)c2ccc(C#N)s2)cc1C(=O)O. The molecule has 1 aromatic heterocycles. The third kappa shape index (κ3) is 3.21. The summed E-state index contributed by atoms with van der Waals surface area (Å²) in [5.41, 5.74) is 0.720. The maximum atomic E-state index is 12.1. The third-order valence-electron chi connectivity index (χ3n) is 2.68. The van der Waals surface area contributed by atoms with Crippen LogP contribution in [0.2, 0.25) is 0 Å². The van der Waals surface area contributed by atoms with Crippen molar-refractivity contribution in [3.63, 3.8) is 0 Å². The summed E-state index contributed by atoms with van der Waals surface area (Å²) >= 11 is 0.845. The summed E-state index contributed by atoms with van der Waals surface area (Å²) in [5, 5.41) is 17.7. The van der Waals surface area contributed by atoms with Crippen LogP contribution in [0.5, 0.6) is 0 Å². The Morgan fingerprint density at radius 3 is 2.62 bits per heavy atom. The van der Waals surface area contributed by atoms with Crippen molar-refractivity contribution >= 4 is 33.0 Å². The highest BCUT2D eigenvalue weighted by Gasteiger charge is 2.18. The monoisotopic (exact) mass is 322 g/mol. The van der Waals surface area contributed by atoms with E-state index in [0.717, 1.165) is 11.3 Å². The van der Waals surface area contributed by atoms with E-state index >= 15 is 0 Å². The van der Waals surface area contributed by atoms with Gasteiger partial charge >= 0.3 is 5.97 Å². The maximum absolute atomic E-state index is 12.1. The molecule has 21 heavy (non-hydrogen) atoms. The average molecular weight is 322 g/mol. The van der Waals surface area contributed by atoms with Crippen molar-refractivity contribution < 1.29 is 18.3 Å². The zero-order valence-electron chi connectivity index (χ0n) is 10.8. The Kier molecular flexibility index (Phi) is 3.97. The van der Waals surface area contributed by atoms with Gasteiger partial charge in [-0.1, -0.05) is 6.07 Å². The molecule has 0 radical (unpaired) electrons. The van der Waals surface area contributed by atoms with E-state index in [9.17, 15) is 13.2 Å². The van der Waals surface area contributed by atoms with E-state index in [2.05, 4.69) is 4.72 Å². The van der Waals surface area contributed by atoms with Gasteiger partial charge in [0.05, 0.1) is 5.56 Å². The number of carboxylic acid groups (broad SMARTS) is 1. The molecule has 6 nitrogen and oxygen atoms in total. The van der Waals surface area contributed by atoms with Crippen LogP contribution >= 0.6 is 11.3 Å². The largest absolute Gasteiger partial charge is 0.478 e. The highest BCUT2D eigenvalue weighted by atomic mass is 32.2. The number of carboxylic acids is 1. The van der Waals surface area contributed by atoms with E-state index in [4.69, 9.17) is 10.4 Å². The first kappa shape index (κ1) is 15.0. The fraction of sp³-hybridized carbons (Fsp3) is 0.0769. The number of nitrogens with one attached hydrogen (secondary N) is 1. The second-order valence-electron chi connectivity index (χ2n) is 4.17. The predicted molar refractivity (Wildman–Crippen MR) is 78.0 cm³/mol. The Labute approximate surface area is 125 Å². The van der Waals surface area contributed by atoms with Crippen LogP contribution < -0.4 is 4.72 Å². The number of hydrogen-bond donors (Lipinski definition) is 2. The zero-order chi connectivity index (χ0) is 15.6. The maximum Gasteiger partial charge on any atom is 0.336 e. The number of carbonyl (C=O) groups is 1. The second-order valence-corrected chi connectivity index (χ2v) is 7.16. The number of sulfonamides is 1. The molecule has 0 bridgehead atoms. The Morgan fingerprint density at radius 1 is 1.33 bits per heavy atom. The van der Waals surface area contributed by atoms with Crippen molar-refractivity contribution in [1.82, 2.24) is 0 Å². The summed E-state index contributed by atoms with van der Waals surface area (Å²) in [6, 6.07) is 8.87. The van der Waals surface area contributed by atoms with Crippen molar-refractivity contribution in [3.05, 3.63) is 46.3 Å². The quantitative estimate of drug-likeness (QED) is 0.899. The lowest BCUT2D eigenvalue weighted by molar-refractivity contribution is 0.0696. The molecular formula is C13H10N2O4S2. The molecule has 2 aromatic rings. The lowest BCUT2D eigenvalue weighted by Gasteiger charge is -2.08. The highest BCUT2D eigenvalue weighted by molar-refractivity contribution is 7.94. The van der Waals surface area contributed by atoms with Crippen molar-refractivity contribution in [2.75, 3.05) is 4.72 Å². The topological polar surface area (TPSA) is 107 Å². The van der Waals surface area contributed by atoms with Gasteiger partial charge in [0.15, 0.2) is 0 Å². The van der Waals surface area contributed by atoms with Crippen LogP contribution in [0.4, 0.5) is 5.69 Å². The first-order chi connectivity index (χ1) is 9.83. The summed E-state index contributed by atoms with van der Waals surface area (Å²) in [5.74, 6) is -1.13. The van der Waals surface area contributed by atoms with Crippen LogP contribution in [0.3, 0.4) is 0 Å². The molecular weight excluding hydrogens is 312 g/mol. The number of anilines is 1. The van der Waals surface area contributed by atoms with Gasteiger partial charge < -0.3 is 5.11 Å². The lowest BCUT2D eigenvalue weighted by atomic mass is 10.1. The van der Waals surface area contributed by atoms with Gasteiger partial charge in [0.25, 0.3) is 10.0 Å². The van der Waals surface area contributed by atoms with Gasteiger partial charge in [0.2, 0.25) is 0 Å². The van der Waals surface area contributed by atoms with Gasteiger partial charge in [-0.05, 0) is 36.8 Å². The minimum Gasteiger partial charge on any atom is -0.478 e. The van der Waals surface area contributed by atoms with E-state index in [-0.39, 0.29) is 20.3 Å². The van der Waals surface area contributed by atoms with Crippen LogP contribution in [-0.2, 0) is 10.0 Å². The number of rotatable bonds is 4. The molecule has 0 aliphatic carbocycles. The number of benzene rings is 1. The van der Waals surface area contributed by atoms with E-state index < -0.39 is 16.0 Å². The van der Waals surface area contributed by atoms with Crippen molar-refractivity contribution in [1.29, 1.82) is 5.26 Å². The molecule has 2 N–H and O–H groups in total. The number of nitriles is 1. The predicted octanol–water partition coefficient (Wildman–Crippen LogP) is 2.43. The van der Waals surface area contributed by atoms with Gasteiger partial charge in [0.1, 0.15) is 15.2 Å². The fourth-order valence-electron chi connectivity index (χ4n) is 1.65. The number of hydrogen-bond acceptors (Lipinski definition) is 5. The van der Waals surface area contributed by atoms with Gasteiger partial charge in [-0.25, -0.2) is 13.2 Å². The van der Waals surface area contributed by atoms with E-state index in [1.807, 2.05) is 6.07 Å². The minimum atomic E-state index is -3.83. The molecule has 8 heteroatoms. The Hall–Kier alpha value is -2.37.